The van der Waals surface area contributed by atoms with Gasteiger partial charge in [-0.25, -0.2) is 4.98 Å². The largest absolute Gasteiger partial charge is 0.387 e. The molecule has 3 heterocycles. The Kier molecular flexibility index (Phi) is 7.53. The number of pyridine rings is 1. The molecule has 0 bridgehead atoms. The van der Waals surface area contributed by atoms with E-state index in [-0.39, 0.29) is 35.6 Å². The van der Waals surface area contributed by atoms with Gasteiger partial charge in [0, 0.05) is 44.5 Å². The number of aliphatic hydroxyl groups is 1. The van der Waals surface area contributed by atoms with Crippen molar-refractivity contribution in [2.45, 2.75) is 25.9 Å². The molecule has 4 aromatic rings. The highest BCUT2D eigenvalue weighted by Gasteiger charge is 2.35. The first-order chi connectivity index (χ1) is 18.6. The molecule has 0 unspecified atom stereocenters. The van der Waals surface area contributed by atoms with Gasteiger partial charge in [0.05, 0.1) is 29.4 Å². The number of benzene rings is 2. The Morgan fingerprint density at radius 3 is 2.64 bits per heavy atom. The standard InChI is InChI=1S/C29H34F2N6O2/c1-18-5-4-6-20(13-18)24(38)16-33-22-7-8-32-28(39)25(22)27-34-23-15-21(14-19(2)26(23)35-27)29(30,31)17-37-11-9-36(3)10-12-37/h4-8,13-15,24,38H,9-12,16-17H2,1-3H3,(H,34,35)(H2,32,33,39)/t24-/m0/s1. The van der Waals surface area contributed by atoms with Crippen molar-refractivity contribution in [1.82, 2.24) is 24.8 Å². The third-order valence-electron chi connectivity index (χ3n) is 7.33. The average Bonchev–Trinajstić information content (AvgIpc) is 3.33. The van der Waals surface area contributed by atoms with Crippen LogP contribution in [0.4, 0.5) is 14.5 Å². The number of rotatable bonds is 8. The monoisotopic (exact) mass is 536 g/mol. The number of imidazole rings is 1. The first-order valence-corrected chi connectivity index (χ1v) is 13.1. The highest BCUT2D eigenvalue weighted by molar-refractivity contribution is 5.85. The molecule has 0 aliphatic carbocycles. The molecule has 0 spiro atoms. The summed E-state index contributed by atoms with van der Waals surface area (Å²) in [6, 6.07) is 12.2. The maximum absolute atomic E-state index is 15.4. The summed E-state index contributed by atoms with van der Waals surface area (Å²) in [6.45, 7) is 6.26. The number of likely N-dealkylation sites (N-methyl/N-ethyl adjacent to an activating group) is 1. The van der Waals surface area contributed by atoms with Crippen LogP contribution in [-0.2, 0) is 5.92 Å². The zero-order chi connectivity index (χ0) is 27.7. The number of fused-ring (bicyclic) bond motifs is 1. The van der Waals surface area contributed by atoms with Crippen LogP contribution in [0.5, 0.6) is 0 Å². The minimum absolute atomic E-state index is 0.0803. The molecule has 1 atom stereocenters. The summed E-state index contributed by atoms with van der Waals surface area (Å²) in [6.07, 6.45) is 0.720. The van der Waals surface area contributed by atoms with Crippen molar-refractivity contribution in [3.8, 4) is 11.4 Å². The van der Waals surface area contributed by atoms with Gasteiger partial charge in [-0.15, -0.1) is 0 Å². The van der Waals surface area contributed by atoms with Gasteiger partial charge in [-0.2, -0.15) is 8.78 Å². The molecule has 8 nitrogen and oxygen atoms in total. The number of aromatic amines is 2. The molecule has 39 heavy (non-hydrogen) atoms. The number of anilines is 1. The lowest BCUT2D eigenvalue weighted by Crippen LogP contribution is -2.47. The van der Waals surface area contributed by atoms with Crippen LogP contribution in [0.2, 0.25) is 0 Å². The Morgan fingerprint density at radius 1 is 1.13 bits per heavy atom. The first kappa shape index (κ1) is 27.0. The molecule has 0 radical (unpaired) electrons. The van der Waals surface area contributed by atoms with Crippen LogP contribution in [-0.4, -0.2) is 76.2 Å². The number of alkyl halides is 2. The number of aliphatic hydroxyl groups excluding tert-OH is 1. The molecule has 10 heteroatoms. The third kappa shape index (κ3) is 5.88. The molecule has 4 N–H and O–H groups in total. The number of hydrogen-bond acceptors (Lipinski definition) is 6. The molecule has 0 saturated carbocycles. The van der Waals surface area contributed by atoms with Gasteiger partial charge in [-0.3, -0.25) is 9.69 Å². The Balaban J connectivity index is 1.42. The summed E-state index contributed by atoms with van der Waals surface area (Å²) in [7, 11) is 1.99. The molecule has 5 rings (SSSR count). The van der Waals surface area contributed by atoms with E-state index in [1.165, 1.54) is 18.3 Å². The van der Waals surface area contributed by atoms with Gasteiger partial charge in [0.2, 0.25) is 0 Å². The van der Waals surface area contributed by atoms with E-state index in [4.69, 9.17) is 0 Å². The number of halogens is 2. The molecule has 1 aliphatic heterocycles. The van der Waals surface area contributed by atoms with Crippen LogP contribution in [0.25, 0.3) is 22.4 Å². The minimum Gasteiger partial charge on any atom is -0.387 e. The average molecular weight is 537 g/mol. The Labute approximate surface area is 225 Å². The van der Waals surface area contributed by atoms with Gasteiger partial charge in [0.25, 0.3) is 11.5 Å². The van der Waals surface area contributed by atoms with Crippen LogP contribution in [0.3, 0.4) is 0 Å². The predicted octanol–water partition coefficient (Wildman–Crippen LogP) is 4.02. The summed E-state index contributed by atoms with van der Waals surface area (Å²) in [5.74, 6) is -2.77. The van der Waals surface area contributed by atoms with Crippen LogP contribution in [0, 0.1) is 13.8 Å². The van der Waals surface area contributed by atoms with E-state index in [2.05, 4.69) is 25.2 Å². The van der Waals surface area contributed by atoms with Crippen molar-refractivity contribution in [3.63, 3.8) is 0 Å². The Hall–Kier alpha value is -3.60. The predicted molar refractivity (Wildman–Crippen MR) is 149 cm³/mol. The molecule has 1 fully saturated rings. The number of nitrogens with one attached hydrogen (secondary N) is 3. The van der Waals surface area contributed by atoms with E-state index >= 15 is 8.78 Å². The summed E-state index contributed by atoms with van der Waals surface area (Å²) < 4.78 is 30.7. The van der Waals surface area contributed by atoms with Crippen molar-refractivity contribution >= 4 is 16.7 Å². The van der Waals surface area contributed by atoms with E-state index in [1.807, 2.05) is 38.2 Å². The van der Waals surface area contributed by atoms with Crippen molar-refractivity contribution in [3.05, 3.63) is 81.3 Å². The lowest BCUT2D eigenvalue weighted by Gasteiger charge is -2.34. The zero-order valence-corrected chi connectivity index (χ0v) is 22.4. The quantitative estimate of drug-likeness (QED) is 0.272. The van der Waals surface area contributed by atoms with Crippen molar-refractivity contribution in [2.75, 3.05) is 51.6 Å². The first-order valence-electron chi connectivity index (χ1n) is 13.1. The fourth-order valence-electron chi connectivity index (χ4n) is 5.06. The van der Waals surface area contributed by atoms with Crippen molar-refractivity contribution in [1.29, 1.82) is 0 Å². The maximum Gasteiger partial charge on any atom is 0.285 e. The zero-order valence-electron chi connectivity index (χ0n) is 22.4. The van der Waals surface area contributed by atoms with Crippen LogP contribution in [0.15, 0.2) is 53.5 Å². The second-order valence-electron chi connectivity index (χ2n) is 10.5. The topological polar surface area (TPSA) is 100 Å². The fraction of sp³-hybridized carbons (Fsp3) is 0.379. The molecule has 2 aromatic carbocycles. The summed E-state index contributed by atoms with van der Waals surface area (Å²) in [5, 5.41) is 13.8. The molecule has 2 aromatic heterocycles. The van der Waals surface area contributed by atoms with E-state index in [0.717, 1.165) is 24.2 Å². The molecular weight excluding hydrogens is 502 g/mol. The summed E-state index contributed by atoms with van der Waals surface area (Å²) in [4.78, 5) is 27.2. The van der Waals surface area contributed by atoms with Crippen molar-refractivity contribution in [2.24, 2.45) is 0 Å². The number of nitrogens with zero attached hydrogens (tertiary/aromatic N) is 3. The van der Waals surface area contributed by atoms with Gasteiger partial charge >= 0.3 is 0 Å². The molecule has 0 amide bonds. The van der Waals surface area contributed by atoms with Gasteiger partial charge < -0.3 is 25.3 Å². The molecular formula is C29H34F2N6O2. The number of hydrogen-bond donors (Lipinski definition) is 4. The SMILES string of the molecule is Cc1cccc([C@@H](O)CNc2cc[nH]c(=O)c2-c2nc3c(C)cc(C(F)(F)CN4CCN(C)CC4)cc3[nH]2)c1. The fourth-order valence-corrected chi connectivity index (χ4v) is 5.06. The normalized spacial score (nSPS) is 16.1. The van der Waals surface area contributed by atoms with Crippen LogP contribution in [0.1, 0.15) is 28.4 Å². The highest BCUT2D eigenvalue weighted by atomic mass is 19.3. The second-order valence-corrected chi connectivity index (χ2v) is 10.5. The van der Waals surface area contributed by atoms with E-state index < -0.39 is 12.0 Å². The Bertz CT molecular complexity index is 1520. The van der Waals surface area contributed by atoms with E-state index in [1.54, 1.807) is 17.9 Å². The number of piperazine rings is 1. The van der Waals surface area contributed by atoms with Gasteiger partial charge in [0.15, 0.2) is 0 Å². The van der Waals surface area contributed by atoms with Gasteiger partial charge in [-0.1, -0.05) is 29.8 Å². The molecule has 1 saturated heterocycles. The highest BCUT2D eigenvalue weighted by Crippen LogP contribution is 2.34. The Morgan fingerprint density at radius 2 is 1.90 bits per heavy atom. The molecule has 206 valence electrons. The van der Waals surface area contributed by atoms with Crippen LogP contribution >= 0.6 is 0 Å². The summed E-state index contributed by atoms with van der Waals surface area (Å²) in [5.41, 5.74) is 3.61. The molecule has 1 aliphatic rings. The summed E-state index contributed by atoms with van der Waals surface area (Å²) >= 11 is 0. The van der Waals surface area contributed by atoms with Crippen molar-refractivity contribution < 1.29 is 13.9 Å². The lowest BCUT2D eigenvalue weighted by atomic mass is 10.0. The van der Waals surface area contributed by atoms with E-state index in [0.29, 0.717) is 35.4 Å². The maximum atomic E-state index is 15.4. The van der Waals surface area contributed by atoms with Gasteiger partial charge in [0.1, 0.15) is 11.4 Å². The number of H-pyrrole nitrogens is 2. The minimum atomic E-state index is -3.04. The smallest absolute Gasteiger partial charge is 0.285 e. The third-order valence-corrected chi connectivity index (χ3v) is 7.33. The number of aryl methyl sites for hydroxylation is 2. The van der Waals surface area contributed by atoms with Crippen LogP contribution < -0.4 is 10.9 Å². The van der Waals surface area contributed by atoms with Gasteiger partial charge in [-0.05, 0) is 50.2 Å². The number of aromatic nitrogens is 3. The lowest BCUT2D eigenvalue weighted by molar-refractivity contribution is -0.0458. The van der Waals surface area contributed by atoms with E-state index in [9.17, 15) is 9.90 Å². The second kappa shape index (κ2) is 10.9.